The van der Waals surface area contributed by atoms with Gasteiger partial charge in [-0.1, -0.05) is 5.16 Å². The maximum Gasteiger partial charge on any atom is 0.222 e. The van der Waals surface area contributed by atoms with Gasteiger partial charge < -0.3 is 19.7 Å². The Morgan fingerprint density at radius 3 is 2.76 bits per heavy atom. The molecular formula is C15H19N3O3. The van der Waals surface area contributed by atoms with Gasteiger partial charge in [0.05, 0.1) is 20.3 Å². The number of anilines is 1. The predicted octanol–water partition coefficient (Wildman–Crippen LogP) is 1.76. The Balaban J connectivity index is 1.86. The highest BCUT2D eigenvalue weighted by atomic mass is 16.5. The van der Waals surface area contributed by atoms with Crippen molar-refractivity contribution in [2.24, 2.45) is 0 Å². The first-order valence-electron chi connectivity index (χ1n) is 6.96. The number of rotatable bonds is 4. The van der Waals surface area contributed by atoms with Crippen LogP contribution >= 0.6 is 0 Å². The van der Waals surface area contributed by atoms with Crippen molar-refractivity contribution in [2.75, 3.05) is 39.1 Å². The molecule has 0 bridgehead atoms. The second kappa shape index (κ2) is 6.15. The summed E-state index contributed by atoms with van der Waals surface area (Å²) < 4.78 is 15.8. The Bertz CT molecular complexity index is 606. The van der Waals surface area contributed by atoms with Crippen molar-refractivity contribution in [1.82, 2.24) is 10.1 Å². The highest BCUT2D eigenvalue weighted by Gasteiger charge is 2.15. The molecule has 112 valence electrons. The standard InChI is InChI=1S/C15H19N3O3/c1-19-14-3-2-11(13-9-15(16)21-17-13)8-12(14)10-18-4-6-20-7-5-18/h2-3,8-9H,4-7,10,16H2,1H3. The second-order valence-corrected chi connectivity index (χ2v) is 5.03. The zero-order chi connectivity index (χ0) is 14.7. The molecular weight excluding hydrogens is 270 g/mol. The quantitative estimate of drug-likeness (QED) is 0.924. The molecule has 1 aliphatic heterocycles. The number of morpholine rings is 1. The lowest BCUT2D eigenvalue weighted by Gasteiger charge is -2.27. The number of hydrogen-bond donors (Lipinski definition) is 1. The number of hydrogen-bond acceptors (Lipinski definition) is 6. The minimum atomic E-state index is 0.315. The molecule has 1 aliphatic rings. The first-order valence-corrected chi connectivity index (χ1v) is 6.96. The smallest absolute Gasteiger partial charge is 0.222 e. The summed E-state index contributed by atoms with van der Waals surface area (Å²) in [6, 6.07) is 7.71. The molecule has 0 spiro atoms. The minimum absolute atomic E-state index is 0.315. The fraction of sp³-hybridized carbons (Fsp3) is 0.400. The molecule has 6 nitrogen and oxygen atoms in total. The summed E-state index contributed by atoms with van der Waals surface area (Å²) in [6.45, 7) is 4.26. The van der Waals surface area contributed by atoms with Gasteiger partial charge in [0.2, 0.25) is 5.88 Å². The third-order valence-electron chi connectivity index (χ3n) is 3.60. The topological polar surface area (TPSA) is 73.8 Å². The van der Waals surface area contributed by atoms with Gasteiger partial charge in [0.25, 0.3) is 0 Å². The normalized spacial score (nSPS) is 16.0. The van der Waals surface area contributed by atoms with Gasteiger partial charge in [-0.2, -0.15) is 0 Å². The largest absolute Gasteiger partial charge is 0.496 e. The highest BCUT2D eigenvalue weighted by molar-refractivity contribution is 5.63. The van der Waals surface area contributed by atoms with E-state index in [4.69, 9.17) is 19.7 Å². The van der Waals surface area contributed by atoms with Crippen LogP contribution in [-0.4, -0.2) is 43.5 Å². The predicted molar refractivity (Wildman–Crippen MR) is 79.0 cm³/mol. The van der Waals surface area contributed by atoms with Gasteiger partial charge in [0, 0.05) is 36.8 Å². The van der Waals surface area contributed by atoms with Crippen LogP contribution in [0.25, 0.3) is 11.3 Å². The maximum absolute atomic E-state index is 5.58. The molecule has 1 saturated heterocycles. The van der Waals surface area contributed by atoms with E-state index in [1.807, 2.05) is 12.1 Å². The fourth-order valence-corrected chi connectivity index (χ4v) is 2.49. The number of nitrogens with two attached hydrogens (primary N) is 1. The molecule has 0 atom stereocenters. The van der Waals surface area contributed by atoms with E-state index >= 15 is 0 Å². The highest BCUT2D eigenvalue weighted by Crippen LogP contribution is 2.28. The Morgan fingerprint density at radius 1 is 1.29 bits per heavy atom. The first-order chi connectivity index (χ1) is 10.3. The van der Waals surface area contributed by atoms with E-state index in [1.54, 1.807) is 13.2 Å². The van der Waals surface area contributed by atoms with E-state index in [0.717, 1.165) is 55.4 Å². The zero-order valence-electron chi connectivity index (χ0n) is 12.0. The fourth-order valence-electron chi connectivity index (χ4n) is 2.49. The van der Waals surface area contributed by atoms with Crippen LogP contribution in [-0.2, 0) is 11.3 Å². The van der Waals surface area contributed by atoms with Crippen LogP contribution in [0.2, 0.25) is 0 Å². The van der Waals surface area contributed by atoms with Gasteiger partial charge in [0.1, 0.15) is 11.4 Å². The van der Waals surface area contributed by atoms with Crippen molar-refractivity contribution in [3.05, 3.63) is 29.8 Å². The number of aromatic nitrogens is 1. The molecule has 2 N–H and O–H groups in total. The van der Waals surface area contributed by atoms with Gasteiger partial charge in [0.15, 0.2) is 0 Å². The summed E-state index contributed by atoms with van der Waals surface area (Å²) in [4.78, 5) is 2.35. The summed E-state index contributed by atoms with van der Waals surface area (Å²) in [6.07, 6.45) is 0. The average molecular weight is 289 g/mol. The lowest BCUT2D eigenvalue weighted by Crippen LogP contribution is -2.35. The minimum Gasteiger partial charge on any atom is -0.496 e. The first kappa shape index (κ1) is 13.9. The van der Waals surface area contributed by atoms with Gasteiger partial charge >= 0.3 is 0 Å². The van der Waals surface area contributed by atoms with Crippen LogP contribution in [0.3, 0.4) is 0 Å². The lowest BCUT2D eigenvalue weighted by molar-refractivity contribution is 0.0339. The second-order valence-electron chi connectivity index (χ2n) is 5.03. The van der Waals surface area contributed by atoms with Crippen LogP contribution in [0.1, 0.15) is 5.56 Å². The summed E-state index contributed by atoms with van der Waals surface area (Å²) >= 11 is 0. The van der Waals surface area contributed by atoms with E-state index in [9.17, 15) is 0 Å². The Kier molecular flexibility index (Phi) is 4.08. The number of nitrogen functional groups attached to an aromatic ring is 1. The number of ether oxygens (including phenoxy) is 2. The third-order valence-corrected chi connectivity index (χ3v) is 3.60. The van der Waals surface area contributed by atoms with Crippen LogP contribution in [0, 0.1) is 0 Å². The van der Waals surface area contributed by atoms with E-state index in [2.05, 4.69) is 16.1 Å². The molecule has 21 heavy (non-hydrogen) atoms. The SMILES string of the molecule is COc1ccc(-c2cc(N)on2)cc1CN1CCOCC1. The Hall–Kier alpha value is -2.05. The molecule has 0 aliphatic carbocycles. The molecule has 1 fully saturated rings. The van der Waals surface area contributed by atoms with Crippen molar-refractivity contribution in [1.29, 1.82) is 0 Å². The molecule has 2 aromatic rings. The average Bonchev–Trinajstić information content (AvgIpc) is 2.95. The van der Waals surface area contributed by atoms with E-state index in [0.29, 0.717) is 5.88 Å². The summed E-state index contributed by atoms with van der Waals surface area (Å²) in [5, 5.41) is 3.96. The maximum atomic E-state index is 5.58. The Morgan fingerprint density at radius 2 is 2.10 bits per heavy atom. The van der Waals surface area contributed by atoms with Gasteiger partial charge in [-0.05, 0) is 18.2 Å². The molecule has 2 heterocycles. The lowest BCUT2D eigenvalue weighted by atomic mass is 10.1. The van der Waals surface area contributed by atoms with Gasteiger partial charge in [-0.3, -0.25) is 4.90 Å². The molecule has 3 rings (SSSR count). The molecule has 1 aromatic heterocycles. The monoisotopic (exact) mass is 289 g/mol. The van der Waals surface area contributed by atoms with E-state index in [1.165, 1.54) is 0 Å². The van der Waals surface area contributed by atoms with Crippen LogP contribution in [0.15, 0.2) is 28.8 Å². The third kappa shape index (κ3) is 3.17. The Labute approximate surface area is 123 Å². The van der Waals surface area contributed by atoms with Crippen molar-refractivity contribution >= 4 is 5.88 Å². The molecule has 0 radical (unpaired) electrons. The van der Waals surface area contributed by atoms with Crippen molar-refractivity contribution in [2.45, 2.75) is 6.54 Å². The molecule has 0 unspecified atom stereocenters. The molecule has 1 aromatic carbocycles. The zero-order valence-corrected chi connectivity index (χ0v) is 12.0. The summed E-state index contributed by atoms with van der Waals surface area (Å²) in [5.74, 6) is 1.19. The number of benzene rings is 1. The van der Waals surface area contributed by atoms with Crippen molar-refractivity contribution in [3.63, 3.8) is 0 Å². The number of methoxy groups -OCH3 is 1. The number of nitrogens with zero attached hydrogens (tertiary/aromatic N) is 2. The van der Waals surface area contributed by atoms with Crippen LogP contribution < -0.4 is 10.5 Å². The molecule has 0 amide bonds. The van der Waals surface area contributed by atoms with E-state index in [-0.39, 0.29) is 0 Å². The summed E-state index contributed by atoms with van der Waals surface area (Å²) in [5.41, 5.74) is 8.41. The molecule has 6 heteroatoms. The van der Waals surface area contributed by atoms with Gasteiger partial charge in [-0.25, -0.2) is 0 Å². The van der Waals surface area contributed by atoms with Gasteiger partial charge in [-0.15, -0.1) is 0 Å². The van der Waals surface area contributed by atoms with Crippen molar-refractivity contribution < 1.29 is 14.0 Å². The van der Waals surface area contributed by atoms with E-state index < -0.39 is 0 Å². The van der Waals surface area contributed by atoms with Crippen LogP contribution in [0.5, 0.6) is 5.75 Å². The summed E-state index contributed by atoms with van der Waals surface area (Å²) in [7, 11) is 1.69. The van der Waals surface area contributed by atoms with Crippen molar-refractivity contribution in [3.8, 4) is 17.0 Å². The van der Waals surface area contributed by atoms with Crippen LogP contribution in [0.4, 0.5) is 5.88 Å². The molecule has 0 saturated carbocycles.